The van der Waals surface area contributed by atoms with Gasteiger partial charge in [0.25, 0.3) is 0 Å². The second kappa shape index (κ2) is 11.6. The SMILES string of the molecule is O=C(CCN1C(=S)N[C@@H](c2ccccn2)[C@H]1c1ccc(-c2cc(C(=O)O)ccc2Cl)o1)Nc1cccc2ccccc12. The molecule has 1 aliphatic heterocycles. The number of aromatic carboxylic acids is 1. The number of carbonyl (C=O) groups is 2. The number of hydrogen-bond donors (Lipinski definition) is 3. The molecule has 1 aliphatic rings. The number of halogens is 1. The Morgan fingerprint density at radius 2 is 1.83 bits per heavy atom. The molecule has 2 atom stereocenters. The predicted molar refractivity (Wildman–Crippen MR) is 165 cm³/mol. The molecule has 0 saturated carbocycles. The van der Waals surface area contributed by atoms with Crippen LogP contribution >= 0.6 is 23.8 Å². The Balaban J connectivity index is 1.28. The van der Waals surface area contributed by atoms with Crippen molar-refractivity contribution < 1.29 is 19.1 Å². The minimum absolute atomic E-state index is 0.0984. The normalized spacial score (nSPS) is 16.4. The van der Waals surface area contributed by atoms with Crippen LogP contribution in [0.1, 0.15) is 40.3 Å². The Labute approximate surface area is 251 Å². The minimum Gasteiger partial charge on any atom is -0.478 e. The summed E-state index contributed by atoms with van der Waals surface area (Å²) in [7, 11) is 0. The van der Waals surface area contributed by atoms with Crippen LogP contribution in [0, 0.1) is 0 Å². The van der Waals surface area contributed by atoms with Gasteiger partial charge in [-0.05, 0) is 66.1 Å². The van der Waals surface area contributed by atoms with Crippen molar-refractivity contribution in [3.8, 4) is 11.3 Å². The summed E-state index contributed by atoms with van der Waals surface area (Å²) in [6, 6.07) is 26.6. The third-order valence-electron chi connectivity index (χ3n) is 7.24. The van der Waals surface area contributed by atoms with Crippen molar-refractivity contribution in [3.63, 3.8) is 0 Å². The number of nitrogens with one attached hydrogen (secondary N) is 2. The highest BCUT2D eigenvalue weighted by molar-refractivity contribution is 7.80. The highest BCUT2D eigenvalue weighted by Gasteiger charge is 2.41. The monoisotopic (exact) mass is 596 g/mol. The van der Waals surface area contributed by atoms with Gasteiger partial charge in [0, 0.05) is 35.8 Å². The van der Waals surface area contributed by atoms with Crippen LogP contribution in [0.3, 0.4) is 0 Å². The molecule has 2 aromatic heterocycles. The van der Waals surface area contributed by atoms with E-state index in [1.165, 1.54) is 18.2 Å². The van der Waals surface area contributed by atoms with E-state index < -0.39 is 12.0 Å². The summed E-state index contributed by atoms with van der Waals surface area (Å²) in [6.07, 6.45) is 1.89. The summed E-state index contributed by atoms with van der Waals surface area (Å²) in [5.41, 5.74) is 2.07. The number of hydrogen-bond acceptors (Lipinski definition) is 5. The number of fused-ring (bicyclic) bond motifs is 1. The number of rotatable bonds is 8. The van der Waals surface area contributed by atoms with Gasteiger partial charge < -0.3 is 25.1 Å². The number of carbonyl (C=O) groups excluding carboxylic acids is 1. The lowest BCUT2D eigenvalue weighted by Crippen LogP contribution is -2.32. The number of aromatic nitrogens is 1. The Morgan fingerprint density at radius 1 is 1.02 bits per heavy atom. The molecule has 0 bridgehead atoms. The maximum absolute atomic E-state index is 13.1. The second-order valence-corrected chi connectivity index (χ2v) is 10.6. The number of furan rings is 1. The molecule has 1 amide bonds. The van der Waals surface area contributed by atoms with Crippen molar-refractivity contribution in [2.24, 2.45) is 0 Å². The zero-order chi connectivity index (χ0) is 29.2. The second-order valence-electron chi connectivity index (χ2n) is 9.85. The first-order valence-electron chi connectivity index (χ1n) is 13.3. The van der Waals surface area contributed by atoms with E-state index in [9.17, 15) is 14.7 Å². The number of amides is 1. The van der Waals surface area contributed by atoms with E-state index in [0.29, 0.717) is 33.8 Å². The molecule has 0 radical (unpaired) electrons. The van der Waals surface area contributed by atoms with Crippen LogP contribution in [-0.4, -0.2) is 38.5 Å². The molecule has 1 fully saturated rings. The van der Waals surface area contributed by atoms with E-state index in [1.54, 1.807) is 12.3 Å². The summed E-state index contributed by atoms with van der Waals surface area (Å²) in [4.78, 5) is 31.1. The van der Waals surface area contributed by atoms with Gasteiger partial charge in [0.2, 0.25) is 5.91 Å². The quantitative estimate of drug-likeness (QED) is 0.167. The lowest BCUT2D eigenvalue weighted by Gasteiger charge is -2.26. The zero-order valence-corrected chi connectivity index (χ0v) is 23.7. The van der Waals surface area contributed by atoms with E-state index >= 15 is 0 Å². The summed E-state index contributed by atoms with van der Waals surface area (Å²) >= 11 is 12.2. The highest BCUT2D eigenvalue weighted by atomic mass is 35.5. The smallest absolute Gasteiger partial charge is 0.335 e. The van der Waals surface area contributed by atoms with Crippen molar-refractivity contribution in [1.82, 2.24) is 15.2 Å². The van der Waals surface area contributed by atoms with Crippen LogP contribution < -0.4 is 10.6 Å². The van der Waals surface area contributed by atoms with Gasteiger partial charge in [-0.2, -0.15) is 0 Å². The molecular weight excluding hydrogens is 572 g/mol. The van der Waals surface area contributed by atoms with Gasteiger partial charge in [-0.25, -0.2) is 4.79 Å². The number of anilines is 1. The average molecular weight is 597 g/mol. The summed E-state index contributed by atoms with van der Waals surface area (Å²) < 4.78 is 6.30. The molecular formula is C32H25ClN4O4S. The molecule has 10 heteroatoms. The van der Waals surface area contributed by atoms with E-state index in [4.69, 9.17) is 28.2 Å². The van der Waals surface area contributed by atoms with E-state index in [0.717, 1.165) is 22.2 Å². The summed E-state index contributed by atoms with van der Waals surface area (Å²) in [5, 5.41) is 18.7. The number of pyridine rings is 1. The topological polar surface area (TPSA) is 108 Å². The molecule has 8 nitrogen and oxygen atoms in total. The molecule has 3 heterocycles. The van der Waals surface area contributed by atoms with Crippen LogP contribution in [-0.2, 0) is 4.79 Å². The first kappa shape index (κ1) is 27.4. The van der Waals surface area contributed by atoms with Crippen LogP contribution in [0.15, 0.2) is 102 Å². The first-order chi connectivity index (χ1) is 20.4. The Hall–Kier alpha value is -4.73. The fourth-order valence-corrected chi connectivity index (χ4v) is 5.77. The lowest BCUT2D eigenvalue weighted by molar-refractivity contribution is -0.116. The van der Waals surface area contributed by atoms with Gasteiger partial charge in [-0.15, -0.1) is 0 Å². The molecule has 0 aliphatic carbocycles. The highest BCUT2D eigenvalue weighted by Crippen LogP contribution is 2.41. The molecule has 42 heavy (non-hydrogen) atoms. The van der Waals surface area contributed by atoms with E-state index in [1.807, 2.05) is 71.6 Å². The van der Waals surface area contributed by atoms with Gasteiger partial charge in [0.15, 0.2) is 5.11 Å². The molecule has 3 aromatic carbocycles. The maximum Gasteiger partial charge on any atom is 0.335 e. The Kier molecular flexibility index (Phi) is 7.60. The van der Waals surface area contributed by atoms with Gasteiger partial charge in [-0.1, -0.05) is 54.1 Å². The van der Waals surface area contributed by atoms with Crippen molar-refractivity contribution in [3.05, 3.63) is 119 Å². The first-order valence-corrected chi connectivity index (χ1v) is 14.1. The fourth-order valence-electron chi connectivity index (χ4n) is 5.23. The summed E-state index contributed by atoms with van der Waals surface area (Å²) in [6.45, 7) is 0.321. The van der Waals surface area contributed by atoms with Crippen LogP contribution in [0.4, 0.5) is 5.69 Å². The molecule has 3 N–H and O–H groups in total. The van der Waals surface area contributed by atoms with Crippen molar-refractivity contribution >= 4 is 57.3 Å². The summed E-state index contributed by atoms with van der Waals surface area (Å²) in [5.74, 6) is -0.219. The lowest BCUT2D eigenvalue weighted by atomic mass is 10.0. The van der Waals surface area contributed by atoms with Crippen LogP contribution in [0.5, 0.6) is 0 Å². The van der Waals surface area contributed by atoms with Gasteiger partial charge in [0.1, 0.15) is 17.6 Å². The van der Waals surface area contributed by atoms with Crippen molar-refractivity contribution in [1.29, 1.82) is 0 Å². The standard InChI is InChI=1S/C32H25ClN4O4S/c33-23-12-11-20(31(39)40)18-22(23)26-13-14-27(41-26)30-29(25-9-3-4-16-34-25)36-32(42)37(30)17-15-28(38)35-24-10-5-7-19-6-1-2-8-21(19)24/h1-14,16,18,29-30H,15,17H2,(H,35,38)(H,36,42)(H,39,40)/t29-,30+/m0/s1. The molecule has 1 saturated heterocycles. The number of thiocarbonyl (C=S) groups is 1. The van der Waals surface area contributed by atoms with E-state index in [2.05, 4.69) is 15.6 Å². The average Bonchev–Trinajstić information content (AvgIpc) is 3.61. The Morgan fingerprint density at radius 3 is 2.64 bits per heavy atom. The third-order valence-corrected chi connectivity index (χ3v) is 7.92. The number of nitrogens with zero attached hydrogens (tertiary/aromatic N) is 2. The number of carboxylic acids is 1. The third kappa shape index (κ3) is 5.44. The number of carboxylic acid groups (broad SMARTS) is 1. The van der Waals surface area contributed by atoms with Crippen molar-refractivity contribution in [2.75, 3.05) is 11.9 Å². The fraction of sp³-hybridized carbons (Fsp3) is 0.125. The van der Waals surface area contributed by atoms with Gasteiger partial charge in [0.05, 0.1) is 22.3 Å². The molecule has 0 unspecified atom stereocenters. The largest absolute Gasteiger partial charge is 0.478 e. The predicted octanol–water partition coefficient (Wildman–Crippen LogP) is 6.85. The molecule has 0 spiro atoms. The molecule has 6 rings (SSSR count). The Bertz CT molecular complexity index is 1800. The number of benzene rings is 3. The van der Waals surface area contributed by atoms with Crippen LogP contribution in [0.2, 0.25) is 5.02 Å². The zero-order valence-electron chi connectivity index (χ0n) is 22.2. The van der Waals surface area contributed by atoms with Gasteiger partial charge in [-0.3, -0.25) is 9.78 Å². The minimum atomic E-state index is -1.06. The van der Waals surface area contributed by atoms with Crippen LogP contribution in [0.25, 0.3) is 22.1 Å². The molecule has 210 valence electrons. The van der Waals surface area contributed by atoms with Gasteiger partial charge >= 0.3 is 5.97 Å². The maximum atomic E-state index is 13.1. The van der Waals surface area contributed by atoms with E-state index in [-0.39, 0.29) is 23.9 Å². The van der Waals surface area contributed by atoms with Crippen molar-refractivity contribution in [2.45, 2.75) is 18.5 Å². The molecule has 5 aromatic rings.